The lowest BCUT2D eigenvalue weighted by molar-refractivity contribution is 0.0949. The van der Waals surface area contributed by atoms with Gasteiger partial charge in [-0.1, -0.05) is 29.8 Å². The second kappa shape index (κ2) is 8.11. The summed E-state index contributed by atoms with van der Waals surface area (Å²) in [5.74, 6) is 0.557. The molecule has 3 heterocycles. The third-order valence-corrected chi connectivity index (χ3v) is 4.88. The quantitative estimate of drug-likeness (QED) is 0.481. The van der Waals surface area contributed by atoms with Crippen molar-refractivity contribution in [1.29, 1.82) is 0 Å². The van der Waals surface area contributed by atoms with Crippen LogP contribution in [0, 0.1) is 0 Å². The molecule has 0 aliphatic carbocycles. The summed E-state index contributed by atoms with van der Waals surface area (Å²) in [6, 6.07) is 14.0. The van der Waals surface area contributed by atoms with E-state index in [1.807, 2.05) is 0 Å². The van der Waals surface area contributed by atoms with Crippen molar-refractivity contribution in [3.05, 3.63) is 93.1 Å². The molecule has 0 fully saturated rings. The Kier molecular flexibility index (Phi) is 5.38. The number of amides is 1. The molecule has 1 N–H and O–H groups in total. The van der Waals surface area contributed by atoms with Gasteiger partial charge in [-0.25, -0.2) is 4.98 Å². The Morgan fingerprint density at radius 1 is 1.17 bits per heavy atom. The summed E-state index contributed by atoms with van der Waals surface area (Å²) in [5.41, 5.74) is 0.708. The van der Waals surface area contributed by atoms with Gasteiger partial charge in [0.25, 0.3) is 5.91 Å². The predicted molar refractivity (Wildman–Crippen MR) is 112 cm³/mol. The number of fused-ring (bicyclic) bond motifs is 1. The van der Waals surface area contributed by atoms with Crippen LogP contribution in [0.3, 0.4) is 0 Å². The topological polar surface area (TPSA) is 77.1 Å². The number of halogens is 2. The average molecular weight is 428 g/mol. The van der Waals surface area contributed by atoms with Crippen molar-refractivity contribution >= 4 is 40.2 Å². The van der Waals surface area contributed by atoms with E-state index in [-0.39, 0.29) is 23.4 Å². The first-order valence-electron chi connectivity index (χ1n) is 8.75. The van der Waals surface area contributed by atoms with E-state index < -0.39 is 11.3 Å². The highest BCUT2D eigenvalue weighted by Gasteiger charge is 2.20. The first-order valence-corrected chi connectivity index (χ1v) is 9.66. The Morgan fingerprint density at radius 3 is 2.66 bits per heavy atom. The Balaban J connectivity index is 1.75. The minimum atomic E-state index is -0.495. The van der Waals surface area contributed by atoms with Crippen molar-refractivity contribution in [3.63, 3.8) is 0 Å². The lowest BCUT2D eigenvalue weighted by Gasteiger charge is -2.10. The van der Waals surface area contributed by atoms with Gasteiger partial charge in [0.2, 0.25) is 11.1 Å². The maximum atomic E-state index is 12.9. The second-order valence-corrected chi connectivity index (χ2v) is 7.01. The number of benzene rings is 1. The van der Waals surface area contributed by atoms with Crippen molar-refractivity contribution in [3.8, 4) is 5.82 Å². The molecule has 0 bridgehead atoms. The third-order valence-electron chi connectivity index (χ3n) is 4.37. The van der Waals surface area contributed by atoms with E-state index in [4.69, 9.17) is 27.6 Å². The highest BCUT2D eigenvalue weighted by atomic mass is 35.5. The molecule has 3 aromatic heterocycles. The molecule has 1 aromatic carbocycles. The van der Waals surface area contributed by atoms with Gasteiger partial charge in [0.05, 0.1) is 11.3 Å². The lowest BCUT2D eigenvalue weighted by atomic mass is 10.2. The van der Waals surface area contributed by atoms with Gasteiger partial charge < -0.3 is 9.73 Å². The Morgan fingerprint density at radius 2 is 1.97 bits per heavy atom. The molecule has 0 aliphatic rings. The van der Waals surface area contributed by atoms with Crippen LogP contribution >= 0.6 is 23.2 Å². The number of carbonyl (C=O) groups is 1. The molecule has 146 valence electrons. The van der Waals surface area contributed by atoms with E-state index in [0.717, 1.165) is 5.56 Å². The molecule has 0 atom stereocenters. The van der Waals surface area contributed by atoms with E-state index in [2.05, 4.69) is 10.3 Å². The second-order valence-electron chi connectivity index (χ2n) is 6.30. The van der Waals surface area contributed by atoms with Gasteiger partial charge in [-0.3, -0.25) is 14.2 Å². The molecule has 1 amide bonds. The number of rotatable bonds is 5. The van der Waals surface area contributed by atoms with Crippen LogP contribution in [-0.2, 0) is 12.4 Å². The van der Waals surface area contributed by atoms with Crippen LogP contribution in [0.1, 0.15) is 21.7 Å². The van der Waals surface area contributed by atoms with Gasteiger partial charge in [-0.05, 0) is 35.9 Å². The predicted octanol–water partition coefficient (Wildman–Crippen LogP) is 4.30. The zero-order chi connectivity index (χ0) is 20.4. The fraction of sp³-hybridized carbons (Fsp3) is 0.0952. The zero-order valence-electron chi connectivity index (χ0n) is 15.1. The summed E-state index contributed by atoms with van der Waals surface area (Å²) < 4.78 is 7.28. The fourth-order valence-corrected chi connectivity index (χ4v) is 3.20. The number of carbonyl (C=O) groups excluding carboxylic acids is 1. The number of alkyl halides is 1. The summed E-state index contributed by atoms with van der Waals surface area (Å²) in [4.78, 5) is 30.0. The highest BCUT2D eigenvalue weighted by molar-refractivity contribution is 6.30. The molecule has 8 heteroatoms. The van der Waals surface area contributed by atoms with Crippen molar-refractivity contribution in [2.24, 2.45) is 0 Å². The fourth-order valence-electron chi connectivity index (χ4n) is 2.94. The zero-order valence-corrected chi connectivity index (χ0v) is 16.6. The molecule has 0 unspecified atom stereocenters. The van der Waals surface area contributed by atoms with Gasteiger partial charge >= 0.3 is 0 Å². The van der Waals surface area contributed by atoms with Crippen LogP contribution in [0.5, 0.6) is 0 Å². The largest absolute Gasteiger partial charge is 0.443 e. The van der Waals surface area contributed by atoms with Gasteiger partial charge in [0.1, 0.15) is 17.1 Å². The molecule has 0 aliphatic heterocycles. The molecular formula is C21H15Cl2N3O3. The summed E-state index contributed by atoms with van der Waals surface area (Å²) in [6.07, 6.45) is 3.05. The van der Waals surface area contributed by atoms with Crippen molar-refractivity contribution in [2.45, 2.75) is 12.4 Å². The molecular weight excluding hydrogens is 413 g/mol. The van der Waals surface area contributed by atoms with Crippen LogP contribution in [0.15, 0.2) is 70.1 Å². The molecule has 29 heavy (non-hydrogen) atoms. The van der Waals surface area contributed by atoms with Crippen LogP contribution in [0.25, 0.3) is 16.9 Å². The number of pyridine rings is 2. The van der Waals surface area contributed by atoms with E-state index in [0.29, 0.717) is 22.3 Å². The summed E-state index contributed by atoms with van der Waals surface area (Å²) in [7, 11) is 0. The molecule has 4 rings (SSSR count). The molecule has 0 spiro atoms. The smallest absolute Gasteiger partial charge is 0.257 e. The normalized spacial score (nSPS) is 11.0. The maximum absolute atomic E-state index is 12.9. The van der Waals surface area contributed by atoms with Crippen molar-refractivity contribution < 1.29 is 9.21 Å². The van der Waals surface area contributed by atoms with Gasteiger partial charge in [-0.15, -0.1) is 11.6 Å². The lowest BCUT2D eigenvalue weighted by Crippen LogP contribution is -2.29. The number of hydrogen-bond acceptors (Lipinski definition) is 4. The summed E-state index contributed by atoms with van der Waals surface area (Å²) in [5, 5.41) is 3.65. The minimum absolute atomic E-state index is 0.0148. The standard InChI is InChI=1S/C21H15Cl2N3O3/c22-10-15-9-16-19(27)17(20(28)25-11-13-4-6-14(23)7-5-13)12-26(21(16)29-15)18-3-1-2-8-24-18/h1-9,12H,10-11H2,(H,25,28). The monoisotopic (exact) mass is 427 g/mol. The van der Waals surface area contributed by atoms with Crippen LogP contribution < -0.4 is 10.7 Å². The summed E-state index contributed by atoms with van der Waals surface area (Å²) >= 11 is 11.8. The number of furan rings is 1. The Bertz CT molecular complexity index is 1230. The SMILES string of the molecule is O=C(NCc1ccc(Cl)cc1)c1cn(-c2ccccn2)c2oc(CCl)cc2c1=O. The number of aromatic nitrogens is 2. The van der Waals surface area contributed by atoms with Crippen molar-refractivity contribution in [2.75, 3.05) is 0 Å². The number of nitrogens with one attached hydrogen (secondary N) is 1. The maximum Gasteiger partial charge on any atom is 0.257 e. The molecule has 0 saturated carbocycles. The van der Waals surface area contributed by atoms with Gasteiger partial charge in [0, 0.05) is 24.0 Å². The van der Waals surface area contributed by atoms with E-state index in [9.17, 15) is 9.59 Å². The molecule has 6 nitrogen and oxygen atoms in total. The van der Waals surface area contributed by atoms with E-state index in [1.165, 1.54) is 6.20 Å². The van der Waals surface area contributed by atoms with Crippen LogP contribution in [-0.4, -0.2) is 15.5 Å². The average Bonchev–Trinajstić information content (AvgIpc) is 3.19. The van der Waals surface area contributed by atoms with Crippen LogP contribution in [0.2, 0.25) is 5.02 Å². The van der Waals surface area contributed by atoms with E-state index >= 15 is 0 Å². The van der Waals surface area contributed by atoms with Gasteiger partial charge in [-0.2, -0.15) is 0 Å². The number of hydrogen-bond donors (Lipinski definition) is 1. The van der Waals surface area contributed by atoms with Crippen LogP contribution in [0.4, 0.5) is 0 Å². The molecule has 0 radical (unpaired) electrons. The van der Waals surface area contributed by atoms with Gasteiger partial charge in [0.15, 0.2) is 0 Å². The Hall–Kier alpha value is -3.09. The Labute approximate surface area is 175 Å². The van der Waals surface area contributed by atoms with E-state index in [1.54, 1.807) is 59.3 Å². The number of nitrogens with zero attached hydrogens (tertiary/aromatic N) is 2. The summed E-state index contributed by atoms with van der Waals surface area (Å²) in [6.45, 7) is 0.259. The van der Waals surface area contributed by atoms with Crippen molar-refractivity contribution in [1.82, 2.24) is 14.9 Å². The first-order chi connectivity index (χ1) is 14.1. The molecule has 4 aromatic rings. The minimum Gasteiger partial charge on any atom is -0.443 e. The first kappa shape index (κ1) is 19.2. The highest BCUT2D eigenvalue weighted by Crippen LogP contribution is 2.21. The molecule has 0 saturated heterocycles. The third kappa shape index (κ3) is 3.90.